The Kier molecular flexibility index (Phi) is 5.05. The zero-order chi connectivity index (χ0) is 15.2. The predicted octanol–water partition coefficient (Wildman–Crippen LogP) is 3.22. The molecule has 0 saturated heterocycles. The average Bonchev–Trinajstić information content (AvgIpc) is 2.53. The van der Waals surface area contributed by atoms with Crippen LogP contribution in [0.3, 0.4) is 0 Å². The molecule has 2 rings (SSSR count). The molecule has 0 radical (unpaired) electrons. The first-order valence-corrected chi connectivity index (χ1v) is 7.15. The summed E-state index contributed by atoms with van der Waals surface area (Å²) >= 11 is 1.55. The Morgan fingerprint density at radius 1 is 1.29 bits per heavy atom. The van der Waals surface area contributed by atoms with Crippen LogP contribution < -0.4 is 10.5 Å². The van der Waals surface area contributed by atoms with Crippen molar-refractivity contribution < 1.29 is 14.3 Å². The van der Waals surface area contributed by atoms with Crippen LogP contribution in [-0.4, -0.2) is 18.2 Å². The quantitative estimate of drug-likeness (QED) is 0.293. The average molecular weight is 306 g/mol. The number of amidine groups is 1. The highest BCUT2D eigenvalue weighted by molar-refractivity contribution is 7.98. The standard InChI is InChI=1S/C15H15FN2O2S/c1-20-14-7-2-10(15(17)18-19)8-11(14)9-21-13-5-3-12(16)4-6-13/h2-8,19H,9H2,1H3,(H2,17,18). The maximum absolute atomic E-state index is 12.9. The van der Waals surface area contributed by atoms with Gasteiger partial charge in [-0.05, 0) is 42.5 Å². The van der Waals surface area contributed by atoms with Crippen molar-refractivity contribution in [2.75, 3.05) is 7.11 Å². The fourth-order valence-electron chi connectivity index (χ4n) is 1.80. The minimum atomic E-state index is -0.258. The zero-order valence-electron chi connectivity index (χ0n) is 11.4. The molecule has 0 unspecified atom stereocenters. The zero-order valence-corrected chi connectivity index (χ0v) is 12.2. The van der Waals surface area contributed by atoms with E-state index in [9.17, 15) is 4.39 Å². The maximum atomic E-state index is 12.9. The van der Waals surface area contributed by atoms with E-state index in [1.807, 2.05) is 6.07 Å². The second-order valence-corrected chi connectivity index (χ2v) is 5.30. The lowest BCUT2D eigenvalue weighted by Gasteiger charge is -2.10. The molecule has 0 saturated carbocycles. The lowest BCUT2D eigenvalue weighted by Crippen LogP contribution is -2.13. The van der Waals surface area contributed by atoms with Crippen molar-refractivity contribution in [3.63, 3.8) is 0 Å². The third-order valence-corrected chi connectivity index (χ3v) is 3.95. The van der Waals surface area contributed by atoms with E-state index in [1.165, 1.54) is 12.1 Å². The summed E-state index contributed by atoms with van der Waals surface area (Å²) < 4.78 is 18.2. The second kappa shape index (κ2) is 6.99. The molecule has 0 spiro atoms. The SMILES string of the molecule is COc1ccc(/C(N)=N/O)cc1CSc1ccc(F)cc1. The first kappa shape index (κ1) is 15.2. The van der Waals surface area contributed by atoms with Gasteiger partial charge in [0.15, 0.2) is 5.84 Å². The molecule has 0 aliphatic carbocycles. The summed E-state index contributed by atoms with van der Waals surface area (Å²) in [5.74, 6) is 1.14. The Balaban J connectivity index is 2.19. The second-order valence-electron chi connectivity index (χ2n) is 4.25. The molecule has 0 amide bonds. The highest BCUT2D eigenvalue weighted by atomic mass is 32.2. The maximum Gasteiger partial charge on any atom is 0.170 e. The monoisotopic (exact) mass is 306 g/mol. The van der Waals surface area contributed by atoms with Gasteiger partial charge in [0.1, 0.15) is 11.6 Å². The van der Waals surface area contributed by atoms with E-state index in [0.717, 1.165) is 16.2 Å². The highest BCUT2D eigenvalue weighted by Gasteiger charge is 2.08. The van der Waals surface area contributed by atoms with Gasteiger partial charge >= 0.3 is 0 Å². The van der Waals surface area contributed by atoms with Crippen molar-refractivity contribution in [1.29, 1.82) is 0 Å². The number of hydrogen-bond acceptors (Lipinski definition) is 4. The first-order valence-electron chi connectivity index (χ1n) is 6.17. The number of oxime groups is 1. The summed E-state index contributed by atoms with van der Waals surface area (Å²) in [4.78, 5) is 0.952. The molecule has 4 nitrogen and oxygen atoms in total. The summed E-state index contributed by atoms with van der Waals surface area (Å²) in [6.07, 6.45) is 0. The largest absolute Gasteiger partial charge is 0.496 e. The van der Waals surface area contributed by atoms with Crippen molar-refractivity contribution in [3.05, 3.63) is 59.4 Å². The number of hydrogen-bond donors (Lipinski definition) is 2. The van der Waals surface area contributed by atoms with Crippen LogP contribution in [0.1, 0.15) is 11.1 Å². The number of rotatable bonds is 5. The number of benzene rings is 2. The van der Waals surface area contributed by atoms with Crippen molar-refractivity contribution in [2.24, 2.45) is 10.9 Å². The topological polar surface area (TPSA) is 67.8 Å². The summed E-state index contributed by atoms with van der Waals surface area (Å²) in [7, 11) is 1.59. The van der Waals surface area contributed by atoms with Crippen molar-refractivity contribution >= 4 is 17.6 Å². The Bertz CT molecular complexity index is 645. The van der Waals surface area contributed by atoms with E-state index in [4.69, 9.17) is 15.7 Å². The minimum absolute atomic E-state index is 0.0469. The van der Waals surface area contributed by atoms with Gasteiger partial charge in [0.05, 0.1) is 7.11 Å². The minimum Gasteiger partial charge on any atom is -0.496 e. The Morgan fingerprint density at radius 2 is 2.00 bits per heavy atom. The van der Waals surface area contributed by atoms with E-state index in [2.05, 4.69) is 5.16 Å². The van der Waals surface area contributed by atoms with Gasteiger partial charge in [-0.1, -0.05) is 5.16 Å². The normalized spacial score (nSPS) is 11.4. The van der Waals surface area contributed by atoms with E-state index < -0.39 is 0 Å². The van der Waals surface area contributed by atoms with Gasteiger partial charge in [0.25, 0.3) is 0 Å². The molecule has 2 aromatic carbocycles. The molecular weight excluding hydrogens is 291 g/mol. The van der Waals surface area contributed by atoms with E-state index >= 15 is 0 Å². The van der Waals surface area contributed by atoms with Crippen molar-refractivity contribution in [2.45, 2.75) is 10.6 Å². The molecule has 6 heteroatoms. The Hall–Kier alpha value is -2.21. The van der Waals surface area contributed by atoms with Gasteiger partial charge in [-0.3, -0.25) is 0 Å². The number of ether oxygens (including phenoxy) is 1. The molecule has 0 bridgehead atoms. The molecule has 0 heterocycles. The number of nitrogens with two attached hydrogens (primary N) is 1. The molecule has 110 valence electrons. The molecule has 0 aliphatic rings. The highest BCUT2D eigenvalue weighted by Crippen LogP contribution is 2.28. The molecule has 2 aromatic rings. The summed E-state index contributed by atoms with van der Waals surface area (Å²) in [6, 6.07) is 11.6. The molecule has 21 heavy (non-hydrogen) atoms. The number of thioether (sulfide) groups is 1. The lowest BCUT2D eigenvalue weighted by molar-refractivity contribution is 0.318. The fourth-order valence-corrected chi connectivity index (χ4v) is 2.68. The van der Waals surface area contributed by atoms with Gasteiger partial charge in [-0.25, -0.2) is 4.39 Å². The fraction of sp³-hybridized carbons (Fsp3) is 0.133. The van der Waals surface area contributed by atoms with Gasteiger partial charge in [-0.2, -0.15) is 0 Å². The summed E-state index contributed by atoms with van der Waals surface area (Å²) in [5.41, 5.74) is 7.12. The summed E-state index contributed by atoms with van der Waals surface area (Å²) in [5, 5.41) is 11.7. The first-order chi connectivity index (χ1) is 10.1. The van der Waals surface area contributed by atoms with Crippen LogP contribution in [0.25, 0.3) is 0 Å². The van der Waals surface area contributed by atoms with Gasteiger partial charge in [0, 0.05) is 21.8 Å². The van der Waals surface area contributed by atoms with Crippen molar-refractivity contribution in [1.82, 2.24) is 0 Å². The van der Waals surface area contributed by atoms with Gasteiger partial charge in [0.2, 0.25) is 0 Å². The molecular formula is C15H15FN2O2S. The third-order valence-electron chi connectivity index (χ3n) is 2.89. The van der Waals surface area contributed by atoms with Crippen LogP contribution in [0.5, 0.6) is 5.75 Å². The Labute approximate surface area is 126 Å². The van der Waals surface area contributed by atoms with E-state index in [0.29, 0.717) is 11.3 Å². The van der Waals surface area contributed by atoms with Crippen LogP contribution in [0.2, 0.25) is 0 Å². The van der Waals surface area contributed by atoms with Gasteiger partial charge < -0.3 is 15.7 Å². The van der Waals surface area contributed by atoms with Crippen LogP contribution in [-0.2, 0) is 5.75 Å². The van der Waals surface area contributed by atoms with Crippen LogP contribution in [0.4, 0.5) is 4.39 Å². The number of halogens is 1. The smallest absolute Gasteiger partial charge is 0.170 e. The lowest BCUT2D eigenvalue weighted by atomic mass is 10.1. The van der Waals surface area contributed by atoms with Gasteiger partial charge in [-0.15, -0.1) is 11.8 Å². The summed E-state index contributed by atoms with van der Waals surface area (Å²) in [6.45, 7) is 0. The Morgan fingerprint density at radius 3 is 2.62 bits per heavy atom. The number of nitrogens with zero attached hydrogens (tertiary/aromatic N) is 1. The van der Waals surface area contributed by atoms with Crippen LogP contribution >= 0.6 is 11.8 Å². The molecule has 0 fully saturated rings. The number of methoxy groups -OCH3 is 1. The van der Waals surface area contributed by atoms with Crippen molar-refractivity contribution in [3.8, 4) is 5.75 Å². The molecule has 0 aliphatic heterocycles. The molecule has 0 atom stereocenters. The molecule has 3 N–H and O–H groups in total. The van der Waals surface area contributed by atoms with E-state index in [-0.39, 0.29) is 11.7 Å². The predicted molar refractivity (Wildman–Crippen MR) is 81.5 cm³/mol. The third kappa shape index (κ3) is 3.88. The van der Waals surface area contributed by atoms with E-state index in [1.54, 1.807) is 43.1 Å². The van der Waals surface area contributed by atoms with Crippen LogP contribution in [0, 0.1) is 5.82 Å². The molecule has 0 aromatic heterocycles. The van der Waals surface area contributed by atoms with Crippen LogP contribution in [0.15, 0.2) is 52.5 Å².